The predicted octanol–water partition coefficient (Wildman–Crippen LogP) is 2.20. The molecule has 1 saturated carbocycles. The predicted molar refractivity (Wildman–Crippen MR) is 94.4 cm³/mol. The first-order valence-electron chi connectivity index (χ1n) is 9.06. The van der Waals surface area contributed by atoms with E-state index in [0.29, 0.717) is 18.2 Å². The third-order valence-corrected chi connectivity index (χ3v) is 7.17. The number of amides is 2. The minimum atomic E-state index is -1.12. The zero-order valence-corrected chi connectivity index (χ0v) is 15.7. The third kappa shape index (κ3) is 3.22. The van der Waals surface area contributed by atoms with Gasteiger partial charge in [-0.3, -0.25) is 14.4 Å². The van der Waals surface area contributed by atoms with Crippen molar-refractivity contribution in [3.8, 4) is 0 Å². The fourth-order valence-corrected chi connectivity index (χ4v) is 5.71. The summed E-state index contributed by atoms with van der Waals surface area (Å²) in [6, 6.07) is -0.419. The summed E-state index contributed by atoms with van der Waals surface area (Å²) in [5.41, 5.74) is -0.108. The quantitative estimate of drug-likeness (QED) is 0.791. The number of carbonyl (C=O) groups is 3. The lowest BCUT2D eigenvalue weighted by Crippen LogP contribution is -2.45. The Morgan fingerprint density at radius 3 is 2.50 bits per heavy atom. The summed E-state index contributed by atoms with van der Waals surface area (Å²) in [5.74, 6) is -0.908. The molecule has 134 valence electrons. The van der Waals surface area contributed by atoms with E-state index in [1.54, 1.807) is 16.7 Å². The topological polar surface area (TPSA) is 66.5 Å². The highest BCUT2D eigenvalue weighted by atomic mass is 32.2. The fraction of sp³-hybridized carbons (Fsp3) is 0.833. The lowest BCUT2D eigenvalue weighted by atomic mass is 9.89. The van der Waals surface area contributed by atoms with Crippen molar-refractivity contribution in [2.24, 2.45) is 17.3 Å². The van der Waals surface area contributed by atoms with Gasteiger partial charge in [0.05, 0.1) is 5.37 Å². The van der Waals surface area contributed by atoms with Crippen LogP contribution in [0.1, 0.15) is 52.9 Å². The SMILES string of the molecule is CC(C)(C)[C@H]1SC[C@@H]2C(=O)C(C(=O)NCC3CCCCC3)C(=O)N21. The number of nitrogens with one attached hydrogen (secondary N) is 1. The number of hydrogen-bond donors (Lipinski definition) is 1. The first kappa shape index (κ1) is 17.8. The van der Waals surface area contributed by atoms with Gasteiger partial charge in [0.2, 0.25) is 11.8 Å². The molecular formula is C18H28N2O3S. The Hall–Kier alpha value is -1.04. The number of ketones is 1. The Balaban J connectivity index is 1.65. The van der Waals surface area contributed by atoms with E-state index in [2.05, 4.69) is 26.1 Å². The Labute approximate surface area is 148 Å². The van der Waals surface area contributed by atoms with Crippen molar-refractivity contribution in [2.75, 3.05) is 12.3 Å². The molecule has 3 fully saturated rings. The van der Waals surface area contributed by atoms with Crippen molar-refractivity contribution in [1.29, 1.82) is 0 Å². The largest absolute Gasteiger partial charge is 0.355 e. The van der Waals surface area contributed by atoms with Gasteiger partial charge in [-0.1, -0.05) is 40.0 Å². The van der Waals surface area contributed by atoms with Crippen molar-refractivity contribution >= 4 is 29.4 Å². The van der Waals surface area contributed by atoms with Crippen molar-refractivity contribution in [1.82, 2.24) is 10.2 Å². The Morgan fingerprint density at radius 2 is 1.88 bits per heavy atom. The maximum Gasteiger partial charge on any atom is 0.244 e. The molecule has 6 heteroatoms. The average molecular weight is 353 g/mol. The zero-order valence-electron chi connectivity index (χ0n) is 14.8. The summed E-state index contributed by atoms with van der Waals surface area (Å²) in [5, 5.41) is 2.85. The fourth-order valence-electron chi connectivity index (χ4n) is 4.10. The average Bonchev–Trinajstić information content (AvgIpc) is 3.07. The van der Waals surface area contributed by atoms with Crippen molar-refractivity contribution in [3.05, 3.63) is 0 Å². The molecule has 3 aliphatic rings. The summed E-state index contributed by atoms with van der Waals surface area (Å²) >= 11 is 1.65. The maximum absolute atomic E-state index is 12.8. The van der Waals surface area contributed by atoms with Crippen LogP contribution in [0.25, 0.3) is 0 Å². The number of carbonyl (C=O) groups excluding carboxylic acids is 3. The van der Waals surface area contributed by atoms with Crippen LogP contribution in [0.15, 0.2) is 0 Å². The van der Waals surface area contributed by atoms with E-state index in [9.17, 15) is 14.4 Å². The van der Waals surface area contributed by atoms with Crippen LogP contribution in [0.4, 0.5) is 0 Å². The van der Waals surface area contributed by atoms with Crippen molar-refractivity contribution in [3.63, 3.8) is 0 Å². The van der Waals surface area contributed by atoms with Crippen LogP contribution in [-0.4, -0.2) is 46.2 Å². The molecule has 0 aromatic rings. The Bertz CT molecular complexity index is 537. The van der Waals surface area contributed by atoms with Crippen LogP contribution >= 0.6 is 11.8 Å². The van der Waals surface area contributed by atoms with E-state index < -0.39 is 12.0 Å². The van der Waals surface area contributed by atoms with E-state index in [1.165, 1.54) is 19.3 Å². The monoisotopic (exact) mass is 352 g/mol. The normalized spacial score (nSPS) is 31.5. The number of Topliss-reactive ketones (excluding diaryl/α,β-unsaturated/α-hetero) is 1. The second kappa shape index (κ2) is 6.70. The van der Waals surface area contributed by atoms with Crippen molar-refractivity contribution in [2.45, 2.75) is 64.3 Å². The van der Waals surface area contributed by atoms with E-state index >= 15 is 0 Å². The molecule has 0 aromatic heterocycles. The third-order valence-electron chi connectivity index (χ3n) is 5.41. The highest BCUT2D eigenvalue weighted by Gasteiger charge is 2.57. The zero-order chi connectivity index (χ0) is 17.5. The van der Waals surface area contributed by atoms with Crippen LogP contribution in [-0.2, 0) is 14.4 Å². The number of rotatable bonds is 3. The standard InChI is InChI=1S/C18H28N2O3S/c1-18(2,3)17-20-12(10-24-17)14(21)13(16(20)23)15(22)19-9-11-7-5-4-6-8-11/h11-13,17H,4-10H2,1-3H3,(H,19,22)/t12-,13?,17-/m1/s1. The van der Waals surface area contributed by atoms with Crippen LogP contribution in [0.2, 0.25) is 0 Å². The maximum atomic E-state index is 12.8. The van der Waals surface area contributed by atoms with Gasteiger partial charge >= 0.3 is 0 Å². The van der Waals surface area contributed by atoms with Crippen LogP contribution < -0.4 is 5.32 Å². The summed E-state index contributed by atoms with van der Waals surface area (Å²) < 4.78 is 0. The highest BCUT2D eigenvalue weighted by Crippen LogP contribution is 2.44. The van der Waals surface area contributed by atoms with Gasteiger partial charge in [-0.05, 0) is 24.2 Å². The number of thioether (sulfide) groups is 1. The van der Waals surface area contributed by atoms with E-state index in [4.69, 9.17) is 0 Å². The van der Waals surface area contributed by atoms with Gasteiger partial charge in [0, 0.05) is 12.3 Å². The molecule has 0 aromatic carbocycles. The second-order valence-corrected chi connectivity index (χ2v) is 9.51. The molecule has 2 amide bonds. The van der Waals surface area contributed by atoms with Gasteiger partial charge in [0.1, 0.15) is 6.04 Å². The molecule has 0 spiro atoms. The Morgan fingerprint density at radius 1 is 1.21 bits per heavy atom. The number of hydrogen-bond acceptors (Lipinski definition) is 4. The summed E-state index contributed by atoms with van der Waals surface area (Å²) in [7, 11) is 0. The van der Waals surface area contributed by atoms with Gasteiger partial charge in [-0.25, -0.2) is 0 Å². The van der Waals surface area contributed by atoms with Crippen molar-refractivity contribution < 1.29 is 14.4 Å². The highest BCUT2D eigenvalue weighted by molar-refractivity contribution is 8.00. The molecule has 5 nitrogen and oxygen atoms in total. The van der Waals surface area contributed by atoms with Gasteiger partial charge in [0.15, 0.2) is 11.7 Å². The molecule has 0 bridgehead atoms. The smallest absolute Gasteiger partial charge is 0.244 e. The molecular weight excluding hydrogens is 324 g/mol. The molecule has 2 saturated heterocycles. The molecule has 3 rings (SSSR count). The number of fused-ring (bicyclic) bond motifs is 1. The molecule has 1 aliphatic carbocycles. The summed E-state index contributed by atoms with van der Waals surface area (Å²) in [4.78, 5) is 39.6. The number of nitrogens with zero attached hydrogens (tertiary/aromatic N) is 1. The molecule has 2 aliphatic heterocycles. The molecule has 0 radical (unpaired) electrons. The van der Waals surface area contributed by atoms with Gasteiger partial charge in [-0.2, -0.15) is 0 Å². The van der Waals surface area contributed by atoms with Crippen LogP contribution in [0.5, 0.6) is 0 Å². The summed E-state index contributed by atoms with van der Waals surface area (Å²) in [6.45, 7) is 6.81. The molecule has 2 heterocycles. The first-order valence-corrected chi connectivity index (χ1v) is 10.1. The van der Waals surface area contributed by atoms with Crippen LogP contribution in [0.3, 0.4) is 0 Å². The van der Waals surface area contributed by atoms with E-state index in [1.807, 2.05) is 0 Å². The lowest BCUT2D eigenvalue weighted by Gasteiger charge is -2.33. The minimum absolute atomic E-state index is 0.0323. The lowest BCUT2D eigenvalue weighted by molar-refractivity contribution is -0.140. The molecule has 3 atom stereocenters. The molecule has 1 unspecified atom stereocenters. The first-order chi connectivity index (χ1) is 11.3. The van der Waals surface area contributed by atoms with E-state index in [-0.39, 0.29) is 28.4 Å². The van der Waals surface area contributed by atoms with Gasteiger partial charge < -0.3 is 10.2 Å². The molecule has 24 heavy (non-hydrogen) atoms. The second-order valence-electron chi connectivity index (χ2n) is 8.40. The van der Waals surface area contributed by atoms with Crippen LogP contribution in [0, 0.1) is 17.3 Å². The van der Waals surface area contributed by atoms with Gasteiger partial charge in [0.25, 0.3) is 0 Å². The molecule has 1 N–H and O–H groups in total. The Kier molecular flexibility index (Phi) is 4.96. The van der Waals surface area contributed by atoms with E-state index in [0.717, 1.165) is 12.8 Å². The van der Waals surface area contributed by atoms with Gasteiger partial charge in [-0.15, -0.1) is 11.8 Å². The minimum Gasteiger partial charge on any atom is -0.355 e. The summed E-state index contributed by atoms with van der Waals surface area (Å²) in [6.07, 6.45) is 5.95.